The number of ether oxygens (including phenoxy) is 1. The second kappa shape index (κ2) is 9.72. The average Bonchev–Trinajstić information content (AvgIpc) is 2.85. The van der Waals surface area contributed by atoms with Gasteiger partial charge in [-0.05, 0) is 31.3 Å². The molecule has 1 aliphatic rings. The van der Waals surface area contributed by atoms with Crippen LogP contribution in [0.25, 0.3) is 0 Å². The summed E-state index contributed by atoms with van der Waals surface area (Å²) in [4.78, 5) is 22.9. The molecule has 0 heterocycles. The van der Waals surface area contributed by atoms with Crippen molar-refractivity contribution in [3.8, 4) is 0 Å². The fourth-order valence-corrected chi connectivity index (χ4v) is 2.93. The fourth-order valence-electron chi connectivity index (χ4n) is 2.93. The van der Waals surface area contributed by atoms with E-state index in [1.807, 2.05) is 6.08 Å². The van der Waals surface area contributed by atoms with E-state index in [1.54, 1.807) is 6.08 Å². The van der Waals surface area contributed by atoms with Gasteiger partial charge in [0.15, 0.2) is 5.78 Å². The highest BCUT2D eigenvalue weighted by Gasteiger charge is 2.34. The molecule has 0 saturated heterocycles. The molecule has 21 heavy (non-hydrogen) atoms. The number of aliphatic hydroxyl groups excluding tert-OH is 1. The first-order chi connectivity index (χ1) is 10.1. The number of methoxy groups -OCH3 is 1. The number of rotatable bonds is 10. The van der Waals surface area contributed by atoms with Gasteiger partial charge in [0.05, 0.1) is 19.1 Å². The Bertz CT molecular complexity index is 362. The zero-order valence-electron chi connectivity index (χ0n) is 13.2. The summed E-state index contributed by atoms with van der Waals surface area (Å²) in [5, 5.41) is 10.3. The van der Waals surface area contributed by atoms with Crippen LogP contribution < -0.4 is 0 Å². The fraction of sp³-hybridized carbons (Fsp3) is 0.765. The van der Waals surface area contributed by atoms with E-state index < -0.39 is 6.10 Å². The van der Waals surface area contributed by atoms with E-state index in [0.717, 1.165) is 38.5 Å². The molecule has 3 unspecified atom stereocenters. The Balaban J connectivity index is 2.28. The number of hydrogen-bond donors (Lipinski definition) is 1. The van der Waals surface area contributed by atoms with Crippen molar-refractivity contribution in [1.82, 2.24) is 0 Å². The molecule has 1 rings (SSSR count). The SMILES string of the molecule is CCCCC1C=CC(=O)C1C(O)CCCCCC(=O)OC. The van der Waals surface area contributed by atoms with Crippen LogP contribution in [0.2, 0.25) is 0 Å². The van der Waals surface area contributed by atoms with Crippen molar-refractivity contribution in [2.75, 3.05) is 7.11 Å². The highest BCUT2D eigenvalue weighted by molar-refractivity contribution is 5.95. The van der Waals surface area contributed by atoms with Crippen molar-refractivity contribution in [2.45, 2.75) is 64.4 Å². The van der Waals surface area contributed by atoms with Crippen LogP contribution in [0.15, 0.2) is 12.2 Å². The minimum atomic E-state index is -0.563. The van der Waals surface area contributed by atoms with E-state index in [9.17, 15) is 14.7 Å². The first-order valence-electron chi connectivity index (χ1n) is 8.07. The summed E-state index contributed by atoms with van der Waals surface area (Å²) >= 11 is 0. The van der Waals surface area contributed by atoms with Crippen molar-refractivity contribution in [3.63, 3.8) is 0 Å². The molecule has 0 saturated carbocycles. The molecule has 4 nitrogen and oxygen atoms in total. The van der Waals surface area contributed by atoms with E-state index in [4.69, 9.17) is 0 Å². The molecule has 1 aliphatic carbocycles. The first-order valence-corrected chi connectivity index (χ1v) is 8.07. The lowest BCUT2D eigenvalue weighted by molar-refractivity contribution is -0.140. The number of allylic oxidation sites excluding steroid dienone is 2. The molecule has 0 aromatic heterocycles. The number of hydrogen-bond acceptors (Lipinski definition) is 4. The molecule has 0 fully saturated rings. The molecule has 120 valence electrons. The van der Waals surface area contributed by atoms with Gasteiger partial charge in [0.2, 0.25) is 0 Å². The highest BCUT2D eigenvalue weighted by atomic mass is 16.5. The normalized spacial score (nSPS) is 22.5. The van der Waals surface area contributed by atoms with Gasteiger partial charge in [-0.2, -0.15) is 0 Å². The van der Waals surface area contributed by atoms with Crippen LogP contribution in [0.5, 0.6) is 0 Å². The van der Waals surface area contributed by atoms with Crippen LogP contribution in [0.4, 0.5) is 0 Å². The van der Waals surface area contributed by atoms with Crippen molar-refractivity contribution in [3.05, 3.63) is 12.2 Å². The molecule has 0 bridgehead atoms. The van der Waals surface area contributed by atoms with Gasteiger partial charge in [-0.25, -0.2) is 0 Å². The second-order valence-corrected chi connectivity index (χ2v) is 5.84. The Kier molecular flexibility index (Phi) is 8.28. The van der Waals surface area contributed by atoms with Gasteiger partial charge in [-0.15, -0.1) is 0 Å². The van der Waals surface area contributed by atoms with E-state index in [1.165, 1.54) is 7.11 Å². The summed E-state index contributed by atoms with van der Waals surface area (Å²) in [7, 11) is 1.39. The lowest BCUT2D eigenvalue weighted by atomic mass is 9.84. The van der Waals surface area contributed by atoms with E-state index in [0.29, 0.717) is 12.8 Å². The minimum Gasteiger partial charge on any atom is -0.469 e. The van der Waals surface area contributed by atoms with Gasteiger partial charge in [0, 0.05) is 6.42 Å². The monoisotopic (exact) mass is 296 g/mol. The zero-order chi connectivity index (χ0) is 15.7. The maximum absolute atomic E-state index is 11.9. The average molecular weight is 296 g/mol. The molecule has 4 heteroatoms. The summed E-state index contributed by atoms with van der Waals surface area (Å²) in [5.74, 6) is -0.178. The van der Waals surface area contributed by atoms with Gasteiger partial charge >= 0.3 is 5.97 Å². The topological polar surface area (TPSA) is 63.6 Å². The largest absolute Gasteiger partial charge is 0.469 e. The maximum atomic E-state index is 11.9. The van der Waals surface area contributed by atoms with E-state index in [-0.39, 0.29) is 23.6 Å². The van der Waals surface area contributed by atoms with E-state index >= 15 is 0 Å². The maximum Gasteiger partial charge on any atom is 0.305 e. The quantitative estimate of drug-likeness (QED) is 0.497. The summed E-state index contributed by atoms with van der Waals surface area (Å²) in [6.07, 6.45) is 9.74. The lowest BCUT2D eigenvalue weighted by Gasteiger charge is -2.23. The predicted molar refractivity (Wildman–Crippen MR) is 81.8 cm³/mol. The molecule has 0 radical (unpaired) electrons. The Hall–Kier alpha value is -1.16. The molecule has 3 atom stereocenters. The third-order valence-corrected chi connectivity index (χ3v) is 4.21. The number of carbonyl (C=O) groups excluding carboxylic acids is 2. The van der Waals surface area contributed by atoms with Crippen molar-refractivity contribution in [2.24, 2.45) is 11.8 Å². The molecular formula is C17H28O4. The predicted octanol–water partition coefficient (Wildman–Crippen LogP) is 3.03. The Labute approximate surface area is 127 Å². The molecular weight excluding hydrogens is 268 g/mol. The molecule has 0 amide bonds. The molecule has 0 aromatic carbocycles. The van der Waals surface area contributed by atoms with Crippen LogP contribution in [0.1, 0.15) is 58.3 Å². The first kappa shape index (κ1) is 17.9. The third-order valence-electron chi connectivity index (χ3n) is 4.21. The molecule has 0 spiro atoms. The summed E-state index contributed by atoms with van der Waals surface area (Å²) in [6, 6.07) is 0. The Morgan fingerprint density at radius 3 is 2.76 bits per heavy atom. The number of ketones is 1. The summed E-state index contributed by atoms with van der Waals surface area (Å²) in [6.45, 7) is 2.13. The molecule has 0 aliphatic heterocycles. The smallest absolute Gasteiger partial charge is 0.305 e. The van der Waals surface area contributed by atoms with Gasteiger partial charge in [-0.1, -0.05) is 38.7 Å². The lowest BCUT2D eigenvalue weighted by Crippen LogP contribution is -2.30. The van der Waals surface area contributed by atoms with Crippen LogP contribution in [0, 0.1) is 11.8 Å². The van der Waals surface area contributed by atoms with Crippen molar-refractivity contribution >= 4 is 11.8 Å². The Morgan fingerprint density at radius 1 is 1.33 bits per heavy atom. The second-order valence-electron chi connectivity index (χ2n) is 5.84. The van der Waals surface area contributed by atoms with Crippen molar-refractivity contribution in [1.29, 1.82) is 0 Å². The summed E-state index contributed by atoms with van der Waals surface area (Å²) in [5.41, 5.74) is 0. The van der Waals surface area contributed by atoms with Crippen LogP contribution >= 0.6 is 0 Å². The molecule has 0 aromatic rings. The Morgan fingerprint density at radius 2 is 2.10 bits per heavy atom. The summed E-state index contributed by atoms with van der Waals surface area (Å²) < 4.78 is 4.58. The van der Waals surface area contributed by atoms with Gasteiger partial charge in [0.1, 0.15) is 0 Å². The standard InChI is InChI=1S/C17H28O4/c1-3-4-8-13-11-12-15(19)17(13)14(18)9-6-5-7-10-16(20)21-2/h11-14,17-18H,3-10H2,1-2H3. The van der Waals surface area contributed by atoms with Crippen LogP contribution in [0.3, 0.4) is 0 Å². The number of esters is 1. The number of unbranched alkanes of at least 4 members (excludes halogenated alkanes) is 3. The minimum absolute atomic E-state index is 0.0677. The number of aliphatic hydroxyl groups is 1. The van der Waals surface area contributed by atoms with Gasteiger partial charge in [-0.3, -0.25) is 9.59 Å². The van der Waals surface area contributed by atoms with Gasteiger partial charge in [0.25, 0.3) is 0 Å². The highest BCUT2D eigenvalue weighted by Crippen LogP contribution is 2.31. The van der Waals surface area contributed by atoms with Crippen LogP contribution in [-0.4, -0.2) is 30.1 Å². The number of carbonyl (C=O) groups is 2. The zero-order valence-corrected chi connectivity index (χ0v) is 13.2. The van der Waals surface area contributed by atoms with Crippen LogP contribution in [-0.2, 0) is 14.3 Å². The molecule has 1 N–H and O–H groups in total. The third kappa shape index (κ3) is 6.00. The van der Waals surface area contributed by atoms with E-state index in [2.05, 4.69) is 11.7 Å². The van der Waals surface area contributed by atoms with Crippen molar-refractivity contribution < 1.29 is 19.4 Å². The van der Waals surface area contributed by atoms with Gasteiger partial charge < -0.3 is 9.84 Å².